The van der Waals surface area contributed by atoms with E-state index >= 15 is 0 Å². The predicted octanol–water partition coefficient (Wildman–Crippen LogP) is 1.22. The van der Waals surface area contributed by atoms with E-state index < -0.39 is 9.84 Å². The summed E-state index contributed by atoms with van der Waals surface area (Å²) < 4.78 is 25.4. The highest BCUT2D eigenvalue weighted by atomic mass is 32.2. The average molecular weight is 309 g/mol. The Balaban J connectivity index is 2.14. The summed E-state index contributed by atoms with van der Waals surface area (Å²) in [6.07, 6.45) is 1.01. The molecule has 1 aliphatic rings. The lowest BCUT2D eigenvalue weighted by atomic mass is 10.2. The number of benzene rings is 1. The van der Waals surface area contributed by atoms with Crippen LogP contribution in [0, 0.1) is 0 Å². The van der Waals surface area contributed by atoms with Crippen LogP contribution in [0.5, 0.6) is 0 Å². The summed E-state index contributed by atoms with van der Waals surface area (Å²) in [7, 11) is -2.95. The fourth-order valence-corrected chi connectivity index (χ4v) is 4.59. The molecule has 1 unspecified atom stereocenters. The maximum absolute atomic E-state index is 11.7. The Morgan fingerprint density at radius 2 is 2.20 bits per heavy atom. The Hall–Kier alpha value is -1.47. The minimum Gasteiger partial charge on any atom is -0.393 e. The van der Waals surface area contributed by atoms with Crippen molar-refractivity contribution >= 4 is 38.1 Å². The molecule has 1 fully saturated rings. The van der Waals surface area contributed by atoms with Gasteiger partial charge in [0.2, 0.25) is 0 Å². The fraction of sp³-hybridized carbons (Fsp3) is 0.385. The Kier molecular flexibility index (Phi) is 3.25. The van der Waals surface area contributed by atoms with Gasteiger partial charge in [0, 0.05) is 0 Å². The molecule has 7 heteroatoms. The molecule has 0 spiro atoms. The van der Waals surface area contributed by atoms with Gasteiger partial charge >= 0.3 is 0 Å². The van der Waals surface area contributed by atoms with Gasteiger partial charge in [0.05, 0.1) is 40.0 Å². The van der Waals surface area contributed by atoms with Crippen LogP contribution >= 0.6 is 12.2 Å². The summed E-state index contributed by atoms with van der Waals surface area (Å²) in [5, 5.41) is 0. The summed E-state index contributed by atoms with van der Waals surface area (Å²) in [5.74, 6) is 1.15. The summed E-state index contributed by atoms with van der Waals surface area (Å²) in [6, 6.07) is 7.63. The second kappa shape index (κ2) is 4.82. The van der Waals surface area contributed by atoms with Crippen molar-refractivity contribution in [1.82, 2.24) is 9.55 Å². The standard InChI is InChI=1S/C13H15N3O2S2/c14-12(19)7-13-15-10-3-1-2-4-11(10)16(13)9-5-6-20(17,18)8-9/h1-4,9H,5-8H2,(H2,14,19). The van der Waals surface area contributed by atoms with Crippen molar-refractivity contribution in [2.45, 2.75) is 18.9 Å². The fourth-order valence-electron chi connectivity index (χ4n) is 2.76. The number of hydrogen-bond donors (Lipinski definition) is 1. The maximum Gasteiger partial charge on any atom is 0.152 e. The van der Waals surface area contributed by atoms with Crippen LogP contribution in [0.15, 0.2) is 24.3 Å². The minimum absolute atomic E-state index is 0.0725. The van der Waals surface area contributed by atoms with Crippen LogP contribution < -0.4 is 5.73 Å². The highest BCUT2D eigenvalue weighted by molar-refractivity contribution is 7.91. The molecule has 3 rings (SSSR count). The van der Waals surface area contributed by atoms with Gasteiger partial charge in [-0.2, -0.15) is 0 Å². The van der Waals surface area contributed by atoms with E-state index in [1.54, 1.807) is 0 Å². The van der Waals surface area contributed by atoms with E-state index in [1.807, 2.05) is 28.8 Å². The molecule has 2 heterocycles. The predicted molar refractivity (Wildman–Crippen MR) is 82.5 cm³/mol. The molecule has 1 saturated heterocycles. The Morgan fingerprint density at radius 1 is 1.45 bits per heavy atom. The number of aromatic nitrogens is 2. The van der Waals surface area contributed by atoms with Gasteiger partial charge in [0.1, 0.15) is 5.82 Å². The van der Waals surface area contributed by atoms with Gasteiger partial charge < -0.3 is 10.3 Å². The summed E-state index contributed by atoms with van der Waals surface area (Å²) in [5.41, 5.74) is 7.42. The molecule has 1 aliphatic heterocycles. The molecule has 0 amide bonds. The lowest BCUT2D eigenvalue weighted by Gasteiger charge is -2.15. The van der Waals surface area contributed by atoms with Crippen LogP contribution in [0.25, 0.3) is 11.0 Å². The lowest BCUT2D eigenvalue weighted by Crippen LogP contribution is -2.19. The van der Waals surface area contributed by atoms with Crippen LogP contribution in [0.2, 0.25) is 0 Å². The van der Waals surface area contributed by atoms with Gasteiger partial charge in [-0.05, 0) is 18.6 Å². The van der Waals surface area contributed by atoms with Crippen LogP contribution in [0.4, 0.5) is 0 Å². The maximum atomic E-state index is 11.7. The third-order valence-electron chi connectivity index (χ3n) is 3.57. The number of sulfone groups is 1. The van der Waals surface area contributed by atoms with Crippen molar-refractivity contribution in [1.29, 1.82) is 0 Å². The molecular weight excluding hydrogens is 294 g/mol. The van der Waals surface area contributed by atoms with Crippen LogP contribution in [-0.4, -0.2) is 34.5 Å². The molecule has 20 heavy (non-hydrogen) atoms. The topological polar surface area (TPSA) is 78.0 Å². The molecular formula is C13H15N3O2S2. The number of imidazole rings is 1. The Labute approximate surface area is 122 Å². The van der Waals surface area contributed by atoms with E-state index in [9.17, 15) is 8.42 Å². The molecule has 1 atom stereocenters. The van der Waals surface area contributed by atoms with Gasteiger partial charge in [-0.3, -0.25) is 0 Å². The number of nitrogens with two attached hydrogens (primary N) is 1. The van der Waals surface area contributed by atoms with Gasteiger partial charge in [-0.15, -0.1) is 0 Å². The van der Waals surface area contributed by atoms with E-state index in [0.717, 1.165) is 16.9 Å². The summed E-state index contributed by atoms with van der Waals surface area (Å²) in [4.78, 5) is 4.91. The van der Waals surface area contributed by atoms with Crippen molar-refractivity contribution in [3.05, 3.63) is 30.1 Å². The quantitative estimate of drug-likeness (QED) is 0.863. The first-order valence-corrected chi connectivity index (χ1v) is 8.64. The van der Waals surface area contributed by atoms with Gasteiger partial charge in [-0.1, -0.05) is 24.4 Å². The van der Waals surface area contributed by atoms with Gasteiger partial charge in [0.15, 0.2) is 9.84 Å². The number of para-hydroxylation sites is 2. The van der Waals surface area contributed by atoms with E-state index in [-0.39, 0.29) is 17.5 Å². The highest BCUT2D eigenvalue weighted by Crippen LogP contribution is 2.29. The van der Waals surface area contributed by atoms with Crippen LogP contribution in [0.1, 0.15) is 18.3 Å². The number of fused-ring (bicyclic) bond motifs is 1. The highest BCUT2D eigenvalue weighted by Gasteiger charge is 2.31. The molecule has 0 aliphatic carbocycles. The number of nitrogens with zero attached hydrogens (tertiary/aromatic N) is 2. The van der Waals surface area contributed by atoms with Crippen molar-refractivity contribution in [2.24, 2.45) is 5.73 Å². The normalized spacial score (nSPS) is 21.3. The first kappa shape index (κ1) is 13.5. The van der Waals surface area contributed by atoms with Crippen LogP contribution in [-0.2, 0) is 16.3 Å². The zero-order valence-electron chi connectivity index (χ0n) is 10.8. The van der Waals surface area contributed by atoms with E-state index in [4.69, 9.17) is 18.0 Å². The molecule has 2 aromatic rings. The molecule has 0 bridgehead atoms. The monoisotopic (exact) mass is 309 g/mol. The summed E-state index contributed by atoms with van der Waals surface area (Å²) >= 11 is 4.97. The molecule has 0 radical (unpaired) electrons. The number of rotatable bonds is 3. The SMILES string of the molecule is NC(=S)Cc1nc2ccccc2n1C1CCS(=O)(=O)C1. The summed E-state index contributed by atoms with van der Waals surface area (Å²) in [6.45, 7) is 0. The largest absolute Gasteiger partial charge is 0.393 e. The van der Waals surface area contributed by atoms with E-state index in [0.29, 0.717) is 17.8 Å². The Morgan fingerprint density at radius 3 is 2.85 bits per heavy atom. The van der Waals surface area contributed by atoms with Gasteiger partial charge in [-0.25, -0.2) is 13.4 Å². The minimum atomic E-state index is -2.95. The second-order valence-corrected chi connectivity index (χ2v) is 7.84. The molecule has 2 N–H and O–H groups in total. The van der Waals surface area contributed by atoms with Crippen LogP contribution in [0.3, 0.4) is 0 Å². The first-order valence-electron chi connectivity index (χ1n) is 6.41. The van der Waals surface area contributed by atoms with E-state index in [2.05, 4.69) is 4.98 Å². The smallest absolute Gasteiger partial charge is 0.152 e. The molecule has 0 saturated carbocycles. The Bertz CT molecular complexity index is 780. The molecule has 1 aromatic carbocycles. The third kappa shape index (κ3) is 2.43. The van der Waals surface area contributed by atoms with E-state index in [1.165, 1.54) is 0 Å². The molecule has 106 valence electrons. The number of thiocarbonyl (C=S) groups is 1. The van der Waals surface area contributed by atoms with Gasteiger partial charge in [0.25, 0.3) is 0 Å². The zero-order chi connectivity index (χ0) is 14.3. The van der Waals surface area contributed by atoms with Crippen molar-refractivity contribution in [3.8, 4) is 0 Å². The molecule has 1 aromatic heterocycles. The lowest BCUT2D eigenvalue weighted by molar-refractivity contribution is 0.553. The van der Waals surface area contributed by atoms with Crippen molar-refractivity contribution < 1.29 is 8.42 Å². The van der Waals surface area contributed by atoms with Crippen molar-refractivity contribution in [3.63, 3.8) is 0 Å². The first-order chi connectivity index (χ1) is 9.46. The molecule has 5 nitrogen and oxygen atoms in total. The third-order valence-corrected chi connectivity index (χ3v) is 5.47. The second-order valence-electron chi connectivity index (χ2n) is 5.09. The average Bonchev–Trinajstić information content (AvgIpc) is 2.88. The van der Waals surface area contributed by atoms with Crippen molar-refractivity contribution in [2.75, 3.05) is 11.5 Å². The number of hydrogen-bond acceptors (Lipinski definition) is 4. The zero-order valence-corrected chi connectivity index (χ0v) is 12.5.